The van der Waals surface area contributed by atoms with Crippen LogP contribution in [0.5, 0.6) is 0 Å². The summed E-state index contributed by atoms with van der Waals surface area (Å²) < 4.78 is 0. The Morgan fingerprint density at radius 1 is 1.00 bits per heavy atom. The van der Waals surface area contributed by atoms with Crippen LogP contribution >= 0.6 is 12.4 Å². The summed E-state index contributed by atoms with van der Waals surface area (Å²) in [5.74, 6) is -0.0276. The van der Waals surface area contributed by atoms with Crippen LogP contribution in [0.4, 0.5) is 5.69 Å². The number of carbonyl (C=O) groups is 2. The third kappa shape index (κ3) is 5.13. The van der Waals surface area contributed by atoms with Gasteiger partial charge in [0.25, 0.3) is 0 Å². The molecule has 5 nitrogen and oxygen atoms in total. The highest BCUT2D eigenvalue weighted by atomic mass is 35.5. The molecule has 1 aliphatic carbocycles. The molecule has 1 aliphatic heterocycles. The molecule has 6 heteroatoms. The largest absolute Gasteiger partial charge is 0.399 e. The molecule has 3 N–H and O–H groups in total. The third-order valence-corrected chi connectivity index (χ3v) is 5.53. The van der Waals surface area contributed by atoms with Gasteiger partial charge in [-0.15, -0.1) is 12.4 Å². The Balaban J connectivity index is 0.00000243. The minimum Gasteiger partial charge on any atom is -0.399 e. The molecular weight excluding hydrogens is 350 g/mol. The number of nitrogen functional groups attached to an aromatic ring is 1. The quantitative estimate of drug-likeness (QED) is 0.772. The molecule has 144 valence electrons. The van der Waals surface area contributed by atoms with Gasteiger partial charge in [0.05, 0.1) is 0 Å². The van der Waals surface area contributed by atoms with Crippen LogP contribution in [0.3, 0.4) is 0 Å². The summed E-state index contributed by atoms with van der Waals surface area (Å²) >= 11 is 0. The summed E-state index contributed by atoms with van der Waals surface area (Å²) in [6, 6.07) is 7.73. The molecule has 1 saturated heterocycles. The first kappa shape index (κ1) is 20.6. The number of likely N-dealkylation sites (tertiary alicyclic amines) is 1. The van der Waals surface area contributed by atoms with E-state index in [4.69, 9.17) is 5.73 Å². The van der Waals surface area contributed by atoms with Crippen LogP contribution in [-0.4, -0.2) is 36.3 Å². The van der Waals surface area contributed by atoms with Crippen LogP contribution < -0.4 is 11.1 Å². The van der Waals surface area contributed by atoms with Crippen molar-refractivity contribution in [3.63, 3.8) is 0 Å². The van der Waals surface area contributed by atoms with Gasteiger partial charge in [0.1, 0.15) is 0 Å². The molecule has 0 aromatic heterocycles. The van der Waals surface area contributed by atoms with Gasteiger partial charge in [-0.2, -0.15) is 0 Å². The van der Waals surface area contributed by atoms with Gasteiger partial charge in [0, 0.05) is 37.2 Å². The van der Waals surface area contributed by atoms with Crippen LogP contribution in [0.15, 0.2) is 24.3 Å². The number of nitrogens with two attached hydrogens (primary N) is 1. The first-order valence-electron chi connectivity index (χ1n) is 9.56. The average Bonchev–Trinajstić information content (AvgIpc) is 3.17. The van der Waals surface area contributed by atoms with Gasteiger partial charge in [0.15, 0.2) is 0 Å². The smallest absolute Gasteiger partial charge is 0.226 e. The van der Waals surface area contributed by atoms with Crippen molar-refractivity contribution in [1.29, 1.82) is 0 Å². The fraction of sp³-hybridized carbons (Fsp3) is 0.600. The number of nitrogens with zero attached hydrogens (tertiary/aromatic N) is 1. The number of halogens is 1. The van der Waals surface area contributed by atoms with E-state index in [1.165, 1.54) is 0 Å². The lowest BCUT2D eigenvalue weighted by molar-refractivity contribution is -0.142. The Kier molecular flexibility index (Phi) is 7.76. The highest BCUT2D eigenvalue weighted by Crippen LogP contribution is 2.32. The predicted octanol–water partition coefficient (Wildman–Crippen LogP) is 2.78. The summed E-state index contributed by atoms with van der Waals surface area (Å²) in [4.78, 5) is 27.4. The maximum atomic E-state index is 12.8. The Labute approximate surface area is 162 Å². The molecule has 2 atom stereocenters. The fourth-order valence-electron chi connectivity index (χ4n) is 4.06. The normalized spacial score (nSPS) is 22.5. The molecule has 2 aliphatic rings. The van der Waals surface area contributed by atoms with Gasteiger partial charge < -0.3 is 16.0 Å². The van der Waals surface area contributed by atoms with Crippen molar-refractivity contribution >= 4 is 29.9 Å². The van der Waals surface area contributed by atoms with E-state index in [-0.39, 0.29) is 36.1 Å². The molecular formula is C20H30ClN3O2. The molecule has 1 aromatic carbocycles. The van der Waals surface area contributed by atoms with Gasteiger partial charge in [-0.1, -0.05) is 25.0 Å². The summed E-state index contributed by atoms with van der Waals surface area (Å²) in [6.45, 7) is 2.32. The molecule has 1 saturated carbocycles. The van der Waals surface area contributed by atoms with Gasteiger partial charge in [-0.25, -0.2) is 0 Å². The standard InChI is InChI=1S/C20H29N3O2.ClH/c21-16-9-7-15(8-10-16)11-12-22-19(24)17-5-1-2-6-18(17)20(25)23-13-3-4-14-23;/h7-10,17-18H,1-6,11-14,21H2,(H,22,24);1H. The third-order valence-electron chi connectivity index (χ3n) is 5.53. The van der Waals surface area contributed by atoms with Crippen LogP contribution in [0.1, 0.15) is 44.1 Å². The molecule has 0 bridgehead atoms. The number of amides is 2. The van der Waals surface area contributed by atoms with Gasteiger partial charge >= 0.3 is 0 Å². The molecule has 1 heterocycles. The van der Waals surface area contributed by atoms with E-state index in [2.05, 4.69) is 5.32 Å². The zero-order valence-electron chi connectivity index (χ0n) is 15.3. The molecule has 3 rings (SSSR count). The molecule has 2 unspecified atom stereocenters. The van der Waals surface area contributed by atoms with Crippen LogP contribution in [-0.2, 0) is 16.0 Å². The summed E-state index contributed by atoms with van der Waals surface area (Å²) in [7, 11) is 0. The minimum atomic E-state index is -0.159. The Morgan fingerprint density at radius 3 is 2.27 bits per heavy atom. The number of nitrogens with one attached hydrogen (secondary N) is 1. The van der Waals surface area contributed by atoms with Crippen molar-refractivity contribution in [2.45, 2.75) is 44.9 Å². The first-order chi connectivity index (χ1) is 12.1. The van der Waals surface area contributed by atoms with E-state index in [1.807, 2.05) is 29.2 Å². The highest BCUT2D eigenvalue weighted by molar-refractivity contribution is 5.88. The minimum absolute atomic E-state index is 0. The zero-order chi connectivity index (χ0) is 17.6. The van der Waals surface area contributed by atoms with Gasteiger partial charge in [-0.3, -0.25) is 9.59 Å². The van der Waals surface area contributed by atoms with E-state index in [9.17, 15) is 9.59 Å². The average molecular weight is 380 g/mol. The number of benzene rings is 1. The van der Waals surface area contributed by atoms with Crippen LogP contribution in [0.25, 0.3) is 0 Å². The number of hydrogen-bond donors (Lipinski definition) is 2. The van der Waals surface area contributed by atoms with E-state index in [1.54, 1.807) is 0 Å². The highest BCUT2D eigenvalue weighted by Gasteiger charge is 2.38. The van der Waals surface area contributed by atoms with Gasteiger partial charge in [-0.05, 0) is 49.8 Å². The van der Waals surface area contributed by atoms with Crippen molar-refractivity contribution in [2.75, 3.05) is 25.4 Å². The van der Waals surface area contributed by atoms with E-state index < -0.39 is 0 Å². The molecule has 0 radical (unpaired) electrons. The molecule has 2 amide bonds. The molecule has 1 aromatic rings. The van der Waals surface area contributed by atoms with Crippen LogP contribution in [0, 0.1) is 11.8 Å². The molecule has 26 heavy (non-hydrogen) atoms. The number of hydrogen-bond acceptors (Lipinski definition) is 3. The summed E-state index contributed by atoms with van der Waals surface area (Å²) in [5.41, 5.74) is 7.59. The monoisotopic (exact) mass is 379 g/mol. The van der Waals surface area contributed by atoms with Crippen molar-refractivity contribution in [3.8, 4) is 0 Å². The number of rotatable bonds is 5. The zero-order valence-corrected chi connectivity index (χ0v) is 16.1. The number of anilines is 1. The second-order valence-corrected chi connectivity index (χ2v) is 7.31. The Morgan fingerprint density at radius 2 is 1.62 bits per heavy atom. The summed E-state index contributed by atoms with van der Waals surface area (Å²) in [6.07, 6.45) is 6.75. The number of carbonyl (C=O) groups excluding carboxylic acids is 2. The maximum Gasteiger partial charge on any atom is 0.226 e. The first-order valence-corrected chi connectivity index (χ1v) is 9.56. The van der Waals surface area contributed by atoms with Crippen LogP contribution in [0.2, 0.25) is 0 Å². The van der Waals surface area contributed by atoms with E-state index >= 15 is 0 Å². The summed E-state index contributed by atoms with van der Waals surface area (Å²) in [5, 5.41) is 3.05. The fourth-order valence-corrected chi connectivity index (χ4v) is 4.06. The second-order valence-electron chi connectivity index (χ2n) is 7.31. The van der Waals surface area contributed by atoms with Crippen molar-refractivity contribution in [3.05, 3.63) is 29.8 Å². The lowest BCUT2D eigenvalue weighted by atomic mass is 9.78. The van der Waals surface area contributed by atoms with Crippen molar-refractivity contribution in [2.24, 2.45) is 11.8 Å². The lowest BCUT2D eigenvalue weighted by Gasteiger charge is -2.32. The van der Waals surface area contributed by atoms with Crippen molar-refractivity contribution in [1.82, 2.24) is 10.2 Å². The van der Waals surface area contributed by atoms with Gasteiger partial charge in [0.2, 0.25) is 11.8 Å². The predicted molar refractivity (Wildman–Crippen MR) is 106 cm³/mol. The van der Waals surface area contributed by atoms with Crippen molar-refractivity contribution < 1.29 is 9.59 Å². The van der Waals surface area contributed by atoms with E-state index in [0.717, 1.165) is 69.3 Å². The Hall–Kier alpha value is -1.75. The van der Waals surface area contributed by atoms with E-state index in [0.29, 0.717) is 6.54 Å². The molecule has 0 spiro atoms. The lowest BCUT2D eigenvalue weighted by Crippen LogP contribution is -2.45. The molecule has 2 fully saturated rings. The maximum absolute atomic E-state index is 12.8. The Bertz CT molecular complexity index is 600. The SMILES string of the molecule is Cl.Nc1ccc(CCNC(=O)C2CCCCC2C(=O)N2CCCC2)cc1. The second kappa shape index (κ2) is 9.81. The topological polar surface area (TPSA) is 75.4 Å².